The number of rotatable bonds is 7. The number of carboxylic acids is 1. The highest BCUT2D eigenvalue weighted by atomic mass is 16.5. The van der Waals surface area contributed by atoms with Crippen molar-refractivity contribution in [2.45, 2.75) is 18.9 Å². The van der Waals surface area contributed by atoms with Crippen molar-refractivity contribution in [2.75, 3.05) is 0 Å². The number of ether oxygens (including phenoxy) is 1. The fourth-order valence-electron chi connectivity index (χ4n) is 2.73. The van der Waals surface area contributed by atoms with Gasteiger partial charge in [-0.3, -0.25) is 4.79 Å². The zero-order chi connectivity index (χ0) is 17.5. The number of hydrogen-bond acceptors (Lipinski definition) is 2. The van der Waals surface area contributed by atoms with Crippen LogP contribution in [0.25, 0.3) is 0 Å². The van der Waals surface area contributed by atoms with Crippen LogP contribution in [0.15, 0.2) is 84.9 Å². The molecule has 0 aliphatic heterocycles. The fourth-order valence-corrected chi connectivity index (χ4v) is 2.73. The molecule has 0 spiro atoms. The van der Waals surface area contributed by atoms with Gasteiger partial charge in [-0.2, -0.15) is 0 Å². The van der Waals surface area contributed by atoms with Gasteiger partial charge in [-0.05, 0) is 35.2 Å². The molecule has 0 saturated carbocycles. The van der Waals surface area contributed by atoms with Crippen LogP contribution in [0.1, 0.15) is 22.6 Å². The first-order valence-corrected chi connectivity index (χ1v) is 8.26. The van der Waals surface area contributed by atoms with Gasteiger partial charge in [0.05, 0.1) is 5.92 Å². The minimum atomic E-state index is -0.818. The van der Waals surface area contributed by atoms with E-state index in [0.29, 0.717) is 13.0 Å². The number of carboxylic acid groups (broad SMARTS) is 1. The molecule has 3 rings (SSSR count). The molecule has 126 valence electrons. The molecule has 0 aliphatic carbocycles. The Morgan fingerprint density at radius 1 is 0.800 bits per heavy atom. The summed E-state index contributed by atoms with van der Waals surface area (Å²) in [6, 6.07) is 27.0. The summed E-state index contributed by atoms with van der Waals surface area (Å²) in [6.45, 7) is 0.493. The van der Waals surface area contributed by atoms with Crippen LogP contribution in [-0.4, -0.2) is 11.1 Å². The first-order valence-electron chi connectivity index (χ1n) is 8.26. The average Bonchev–Trinajstić information content (AvgIpc) is 2.66. The third-order valence-electron chi connectivity index (χ3n) is 4.11. The van der Waals surface area contributed by atoms with E-state index in [0.717, 1.165) is 22.4 Å². The van der Waals surface area contributed by atoms with Gasteiger partial charge < -0.3 is 9.84 Å². The topological polar surface area (TPSA) is 46.5 Å². The maximum atomic E-state index is 11.7. The summed E-state index contributed by atoms with van der Waals surface area (Å²) in [5.74, 6) is -0.649. The average molecular weight is 332 g/mol. The summed E-state index contributed by atoms with van der Waals surface area (Å²) in [5, 5.41) is 9.58. The van der Waals surface area contributed by atoms with Crippen LogP contribution in [0, 0.1) is 0 Å². The summed E-state index contributed by atoms with van der Waals surface area (Å²) in [5.41, 5.74) is 2.89. The minimum absolute atomic E-state index is 0.473. The molecule has 0 aliphatic rings. The van der Waals surface area contributed by atoms with E-state index in [2.05, 4.69) is 0 Å². The molecule has 0 amide bonds. The highest BCUT2D eigenvalue weighted by Crippen LogP contribution is 2.24. The summed E-state index contributed by atoms with van der Waals surface area (Å²) in [4.78, 5) is 11.7. The molecule has 25 heavy (non-hydrogen) atoms. The maximum Gasteiger partial charge on any atom is 0.311 e. The van der Waals surface area contributed by atoms with Crippen molar-refractivity contribution in [1.29, 1.82) is 0 Å². The van der Waals surface area contributed by atoms with Gasteiger partial charge in [0.25, 0.3) is 0 Å². The van der Waals surface area contributed by atoms with E-state index in [4.69, 9.17) is 4.74 Å². The lowest BCUT2D eigenvalue weighted by atomic mass is 9.92. The highest BCUT2D eigenvalue weighted by Gasteiger charge is 2.20. The fraction of sp³-hybridized carbons (Fsp3) is 0.136. The lowest BCUT2D eigenvalue weighted by molar-refractivity contribution is -0.138. The summed E-state index contributed by atoms with van der Waals surface area (Å²) in [7, 11) is 0. The van der Waals surface area contributed by atoms with Crippen LogP contribution in [-0.2, 0) is 17.8 Å². The molecule has 0 heterocycles. The molecule has 0 fully saturated rings. The Kier molecular flexibility index (Phi) is 5.47. The molecule has 3 heteroatoms. The van der Waals surface area contributed by atoms with Crippen molar-refractivity contribution < 1.29 is 14.6 Å². The molecule has 0 saturated heterocycles. The Morgan fingerprint density at radius 3 is 1.92 bits per heavy atom. The predicted molar refractivity (Wildman–Crippen MR) is 97.7 cm³/mol. The molecule has 3 nitrogen and oxygen atoms in total. The van der Waals surface area contributed by atoms with Gasteiger partial charge in [0, 0.05) is 0 Å². The number of aliphatic carboxylic acids is 1. The van der Waals surface area contributed by atoms with Gasteiger partial charge in [0.2, 0.25) is 0 Å². The third kappa shape index (κ3) is 4.70. The van der Waals surface area contributed by atoms with Crippen molar-refractivity contribution in [2.24, 2.45) is 0 Å². The van der Waals surface area contributed by atoms with Crippen LogP contribution in [0.3, 0.4) is 0 Å². The zero-order valence-corrected chi connectivity index (χ0v) is 13.8. The first-order chi connectivity index (χ1) is 12.2. The second-order valence-electron chi connectivity index (χ2n) is 5.92. The summed E-state index contributed by atoms with van der Waals surface area (Å²) < 4.78 is 5.76. The Bertz CT molecular complexity index is 796. The minimum Gasteiger partial charge on any atom is -0.489 e. The van der Waals surface area contributed by atoms with E-state index in [9.17, 15) is 9.90 Å². The van der Waals surface area contributed by atoms with Crippen molar-refractivity contribution >= 4 is 5.97 Å². The second kappa shape index (κ2) is 8.15. The molecule has 3 aromatic rings. The molecule has 1 atom stereocenters. The predicted octanol–water partition coefficient (Wildman–Crippen LogP) is 4.68. The monoisotopic (exact) mass is 332 g/mol. The number of benzene rings is 3. The molecule has 0 aromatic heterocycles. The Morgan fingerprint density at radius 2 is 1.36 bits per heavy atom. The number of carbonyl (C=O) groups is 1. The zero-order valence-electron chi connectivity index (χ0n) is 13.8. The van der Waals surface area contributed by atoms with E-state index < -0.39 is 11.9 Å². The molecule has 1 unspecified atom stereocenters. The third-order valence-corrected chi connectivity index (χ3v) is 4.11. The van der Waals surface area contributed by atoms with Crippen molar-refractivity contribution in [3.63, 3.8) is 0 Å². The standard InChI is InChI=1S/C22H20O3/c23-22(24)21(15-17-7-3-1-4-8-17)19-11-13-20(14-12-19)25-16-18-9-5-2-6-10-18/h1-14,21H,15-16H2,(H,23,24). The van der Waals surface area contributed by atoms with Crippen LogP contribution in [0.4, 0.5) is 0 Å². The lowest BCUT2D eigenvalue weighted by Gasteiger charge is -2.14. The van der Waals surface area contributed by atoms with Gasteiger partial charge in [-0.1, -0.05) is 72.8 Å². The van der Waals surface area contributed by atoms with Crippen LogP contribution in [0.2, 0.25) is 0 Å². The van der Waals surface area contributed by atoms with Crippen molar-refractivity contribution in [3.05, 3.63) is 102 Å². The van der Waals surface area contributed by atoms with Crippen LogP contribution >= 0.6 is 0 Å². The largest absolute Gasteiger partial charge is 0.489 e. The van der Waals surface area contributed by atoms with Crippen molar-refractivity contribution in [1.82, 2.24) is 0 Å². The van der Waals surface area contributed by atoms with Gasteiger partial charge in [-0.25, -0.2) is 0 Å². The van der Waals surface area contributed by atoms with E-state index in [-0.39, 0.29) is 0 Å². The molecule has 0 bridgehead atoms. The lowest BCUT2D eigenvalue weighted by Crippen LogP contribution is -2.14. The van der Waals surface area contributed by atoms with E-state index in [1.807, 2.05) is 84.9 Å². The molecular formula is C22H20O3. The van der Waals surface area contributed by atoms with E-state index in [1.54, 1.807) is 0 Å². The Hall–Kier alpha value is -3.07. The van der Waals surface area contributed by atoms with Gasteiger partial charge >= 0.3 is 5.97 Å². The molecule has 1 N–H and O–H groups in total. The van der Waals surface area contributed by atoms with Crippen molar-refractivity contribution in [3.8, 4) is 5.75 Å². The highest BCUT2D eigenvalue weighted by molar-refractivity contribution is 5.76. The van der Waals surface area contributed by atoms with Gasteiger partial charge in [-0.15, -0.1) is 0 Å². The Balaban J connectivity index is 1.67. The summed E-state index contributed by atoms with van der Waals surface area (Å²) in [6.07, 6.45) is 0.473. The van der Waals surface area contributed by atoms with Gasteiger partial charge in [0.15, 0.2) is 0 Å². The number of hydrogen-bond donors (Lipinski definition) is 1. The smallest absolute Gasteiger partial charge is 0.311 e. The second-order valence-corrected chi connectivity index (χ2v) is 5.92. The Labute approximate surface area is 147 Å². The molecule has 0 radical (unpaired) electrons. The van der Waals surface area contributed by atoms with Crippen LogP contribution in [0.5, 0.6) is 5.75 Å². The quantitative estimate of drug-likeness (QED) is 0.683. The van der Waals surface area contributed by atoms with Gasteiger partial charge in [0.1, 0.15) is 12.4 Å². The molecular weight excluding hydrogens is 312 g/mol. The first kappa shape index (κ1) is 16.8. The SMILES string of the molecule is O=C(O)C(Cc1ccccc1)c1ccc(OCc2ccccc2)cc1. The van der Waals surface area contributed by atoms with E-state index >= 15 is 0 Å². The molecule has 3 aromatic carbocycles. The van der Waals surface area contributed by atoms with E-state index in [1.165, 1.54) is 0 Å². The summed E-state index contributed by atoms with van der Waals surface area (Å²) >= 11 is 0. The van der Waals surface area contributed by atoms with Crippen LogP contribution < -0.4 is 4.74 Å². The normalized spacial score (nSPS) is 11.7. The maximum absolute atomic E-state index is 11.7.